The van der Waals surface area contributed by atoms with E-state index in [9.17, 15) is 9.18 Å². The van der Waals surface area contributed by atoms with Gasteiger partial charge in [-0.05, 0) is 67.3 Å². The van der Waals surface area contributed by atoms with Gasteiger partial charge in [0.2, 0.25) is 5.88 Å². The summed E-state index contributed by atoms with van der Waals surface area (Å²) in [6.45, 7) is 8.82. The lowest BCUT2D eigenvalue weighted by Gasteiger charge is -2.21. The Balaban J connectivity index is 1.55. The average molecular weight is 522 g/mol. The highest BCUT2D eigenvalue weighted by Crippen LogP contribution is 2.44. The van der Waals surface area contributed by atoms with Crippen LogP contribution in [0, 0.1) is 17.2 Å². The van der Waals surface area contributed by atoms with Crippen molar-refractivity contribution in [2.45, 2.75) is 65.9 Å². The molecule has 1 unspecified atom stereocenters. The van der Waals surface area contributed by atoms with Gasteiger partial charge in [-0.15, -0.1) is 0 Å². The van der Waals surface area contributed by atoms with E-state index in [1.807, 2.05) is 19.1 Å². The van der Waals surface area contributed by atoms with Crippen LogP contribution in [0.25, 0.3) is 11.3 Å². The van der Waals surface area contributed by atoms with Crippen LogP contribution in [-0.2, 0) is 22.6 Å². The number of rotatable bonds is 11. The number of nitrogens with zero attached hydrogens (tertiary/aromatic N) is 3. The summed E-state index contributed by atoms with van der Waals surface area (Å²) in [5.41, 5.74) is 3.53. The Morgan fingerprint density at radius 3 is 2.61 bits per heavy atom. The maximum atomic E-state index is 14.8. The summed E-state index contributed by atoms with van der Waals surface area (Å²) in [5.74, 6) is 0.871. The molecule has 0 saturated heterocycles. The van der Waals surface area contributed by atoms with E-state index in [1.165, 1.54) is 12.4 Å². The molecule has 7 nitrogen and oxygen atoms in total. The summed E-state index contributed by atoms with van der Waals surface area (Å²) in [5, 5.41) is 0. The number of halogens is 1. The second kappa shape index (κ2) is 11.9. The topological polar surface area (TPSA) is 83.4 Å². The van der Waals surface area contributed by atoms with Gasteiger partial charge in [0.1, 0.15) is 24.5 Å². The zero-order valence-electron chi connectivity index (χ0n) is 22.8. The van der Waals surface area contributed by atoms with Crippen LogP contribution >= 0.6 is 0 Å². The third-order valence-corrected chi connectivity index (χ3v) is 6.49. The predicted octanol–water partition coefficient (Wildman–Crippen LogP) is 6.30. The molecule has 1 aliphatic carbocycles. The molecule has 2 heterocycles. The predicted molar refractivity (Wildman–Crippen MR) is 142 cm³/mol. The molecule has 3 aromatic rings. The third kappa shape index (κ3) is 7.27. The second-order valence-electron chi connectivity index (χ2n) is 11.0. The van der Waals surface area contributed by atoms with Crippen molar-refractivity contribution in [3.05, 3.63) is 65.5 Å². The molecule has 2 aromatic heterocycles. The van der Waals surface area contributed by atoms with Crippen LogP contribution in [0.2, 0.25) is 0 Å². The zero-order valence-corrected chi connectivity index (χ0v) is 22.8. The fraction of sp³-hybridized carbons (Fsp3) is 0.467. The summed E-state index contributed by atoms with van der Waals surface area (Å²) >= 11 is 0. The van der Waals surface area contributed by atoms with Gasteiger partial charge >= 0.3 is 5.97 Å². The van der Waals surface area contributed by atoms with E-state index < -0.39 is 0 Å². The van der Waals surface area contributed by atoms with Crippen molar-refractivity contribution in [3.8, 4) is 22.9 Å². The second-order valence-corrected chi connectivity index (χ2v) is 11.0. The number of aromatic nitrogens is 3. The number of esters is 1. The van der Waals surface area contributed by atoms with Crippen LogP contribution in [0.15, 0.2) is 42.9 Å². The number of hydrogen-bond donors (Lipinski definition) is 0. The highest BCUT2D eigenvalue weighted by atomic mass is 19.1. The lowest BCUT2D eigenvalue weighted by molar-refractivity contribution is -0.143. The number of methoxy groups -OCH3 is 1. The molecular formula is C30H36FN3O4. The average Bonchev–Trinajstić information content (AvgIpc) is 3.71. The largest absolute Gasteiger partial charge is 0.497 e. The summed E-state index contributed by atoms with van der Waals surface area (Å²) in [6.07, 6.45) is 6.34. The van der Waals surface area contributed by atoms with Crippen molar-refractivity contribution in [1.29, 1.82) is 0 Å². The third-order valence-electron chi connectivity index (χ3n) is 6.49. The lowest BCUT2D eigenvalue weighted by Crippen LogP contribution is -2.14. The molecule has 1 fully saturated rings. The first kappa shape index (κ1) is 27.5. The van der Waals surface area contributed by atoms with Gasteiger partial charge in [-0.2, -0.15) is 0 Å². The Bertz CT molecular complexity index is 1270. The highest BCUT2D eigenvalue weighted by molar-refractivity contribution is 5.70. The standard InChI is InChI=1S/C30H36FN3O4/c1-6-37-28(35)13-23(20-7-8-20)26-14-27(34-18-33-26)38-17-19-11-21(15-30(2,3)4)29(32-16-19)24-12-22(36-5)9-10-25(24)31/h9-12,14,16,18,20,23H,6-8,13,15,17H2,1-5H3. The molecule has 4 rings (SSSR count). The van der Waals surface area contributed by atoms with Crippen LogP contribution in [0.3, 0.4) is 0 Å². The minimum Gasteiger partial charge on any atom is -0.497 e. The van der Waals surface area contributed by atoms with Crippen LogP contribution in [0.4, 0.5) is 4.39 Å². The summed E-state index contributed by atoms with van der Waals surface area (Å²) < 4.78 is 31.3. The molecule has 1 saturated carbocycles. The van der Waals surface area contributed by atoms with Crippen molar-refractivity contribution in [2.75, 3.05) is 13.7 Å². The minimum absolute atomic E-state index is 0.00324. The van der Waals surface area contributed by atoms with Crippen LogP contribution in [0.1, 0.15) is 69.7 Å². The number of carbonyl (C=O) groups is 1. The number of pyridine rings is 1. The van der Waals surface area contributed by atoms with Crippen molar-refractivity contribution in [2.24, 2.45) is 11.3 Å². The SMILES string of the molecule is CCOC(=O)CC(c1cc(OCc2cnc(-c3cc(OC)ccc3F)c(CC(C)(C)C)c2)ncn1)C1CC1. The van der Waals surface area contributed by atoms with E-state index in [0.717, 1.165) is 29.7 Å². The Morgan fingerprint density at radius 2 is 1.92 bits per heavy atom. The van der Waals surface area contributed by atoms with E-state index in [-0.39, 0.29) is 29.7 Å². The molecule has 1 atom stereocenters. The lowest BCUT2D eigenvalue weighted by atomic mass is 9.86. The van der Waals surface area contributed by atoms with Gasteiger partial charge in [0.25, 0.3) is 0 Å². The van der Waals surface area contributed by atoms with E-state index >= 15 is 0 Å². The monoisotopic (exact) mass is 521 g/mol. The molecule has 0 amide bonds. The van der Waals surface area contributed by atoms with E-state index in [1.54, 1.807) is 25.4 Å². The molecule has 38 heavy (non-hydrogen) atoms. The zero-order chi connectivity index (χ0) is 27.3. The van der Waals surface area contributed by atoms with Gasteiger partial charge < -0.3 is 14.2 Å². The fourth-order valence-electron chi connectivity index (χ4n) is 4.60. The van der Waals surface area contributed by atoms with Gasteiger partial charge in [0, 0.05) is 29.3 Å². The minimum atomic E-state index is -0.348. The quantitative estimate of drug-likeness (QED) is 0.274. The van der Waals surface area contributed by atoms with E-state index in [0.29, 0.717) is 48.3 Å². The number of carbonyl (C=O) groups excluding carboxylic acids is 1. The molecule has 202 valence electrons. The molecule has 0 spiro atoms. The first-order valence-corrected chi connectivity index (χ1v) is 13.1. The van der Waals surface area contributed by atoms with Gasteiger partial charge in [-0.1, -0.05) is 20.8 Å². The normalized spacial score (nSPS) is 14.2. The summed E-state index contributed by atoms with van der Waals surface area (Å²) in [7, 11) is 1.56. The molecular weight excluding hydrogens is 485 g/mol. The van der Waals surface area contributed by atoms with Crippen molar-refractivity contribution >= 4 is 5.97 Å². The van der Waals surface area contributed by atoms with Crippen LogP contribution < -0.4 is 9.47 Å². The number of benzene rings is 1. The molecule has 0 aliphatic heterocycles. The number of ether oxygens (including phenoxy) is 3. The highest BCUT2D eigenvalue weighted by Gasteiger charge is 2.35. The van der Waals surface area contributed by atoms with Crippen molar-refractivity contribution in [1.82, 2.24) is 15.0 Å². The molecule has 8 heteroatoms. The van der Waals surface area contributed by atoms with Gasteiger partial charge in [0.15, 0.2) is 0 Å². The van der Waals surface area contributed by atoms with Crippen LogP contribution in [0.5, 0.6) is 11.6 Å². The summed E-state index contributed by atoms with van der Waals surface area (Å²) in [4.78, 5) is 25.5. The maximum Gasteiger partial charge on any atom is 0.306 e. The van der Waals surface area contributed by atoms with Crippen LogP contribution in [-0.4, -0.2) is 34.6 Å². The maximum absolute atomic E-state index is 14.8. The Labute approximate surface area is 223 Å². The fourth-order valence-corrected chi connectivity index (χ4v) is 4.60. The Morgan fingerprint density at radius 1 is 1.13 bits per heavy atom. The molecule has 1 aromatic carbocycles. The first-order valence-electron chi connectivity index (χ1n) is 13.1. The number of hydrogen-bond acceptors (Lipinski definition) is 7. The molecule has 1 aliphatic rings. The van der Waals surface area contributed by atoms with Gasteiger partial charge in [-0.25, -0.2) is 14.4 Å². The molecule has 0 radical (unpaired) electrons. The van der Waals surface area contributed by atoms with E-state index in [4.69, 9.17) is 14.2 Å². The Kier molecular flexibility index (Phi) is 8.59. The van der Waals surface area contributed by atoms with Crippen molar-refractivity contribution < 1.29 is 23.4 Å². The van der Waals surface area contributed by atoms with E-state index in [2.05, 4.69) is 35.7 Å². The molecule has 0 N–H and O–H groups in total. The van der Waals surface area contributed by atoms with Crippen molar-refractivity contribution in [3.63, 3.8) is 0 Å². The Hall–Kier alpha value is -3.55. The first-order chi connectivity index (χ1) is 18.2. The van der Waals surface area contributed by atoms with Gasteiger partial charge in [-0.3, -0.25) is 9.78 Å². The van der Waals surface area contributed by atoms with Gasteiger partial charge in [0.05, 0.1) is 31.5 Å². The smallest absolute Gasteiger partial charge is 0.306 e. The summed E-state index contributed by atoms with van der Waals surface area (Å²) in [6, 6.07) is 8.50. The molecule has 0 bridgehead atoms.